The predicted molar refractivity (Wildman–Crippen MR) is 96.6 cm³/mol. The summed E-state index contributed by atoms with van der Waals surface area (Å²) in [5.74, 6) is 0. The summed E-state index contributed by atoms with van der Waals surface area (Å²) >= 11 is 0. The molecule has 0 saturated carbocycles. The number of hydrogen-bond donors (Lipinski definition) is 1. The molecule has 3 aromatic rings. The molecule has 0 saturated heterocycles. The summed E-state index contributed by atoms with van der Waals surface area (Å²) < 4.78 is 1.34. The summed E-state index contributed by atoms with van der Waals surface area (Å²) in [5, 5.41) is 24.5. The van der Waals surface area contributed by atoms with Crippen LogP contribution in [0.2, 0.25) is 0 Å². The van der Waals surface area contributed by atoms with Gasteiger partial charge in [-0.2, -0.15) is 15.0 Å². The SMILES string of the molecule is CCCCc1nn(-c2cccc(CO)c2)c(=O)c2c(C#N)cccc12. The number of hydrogen-bond acceptors (Lipinski definition) is 4. The Bertz CT molecular complexity index is 1020. The second kappa shape index (κ2) is 7.29. The molecule has 2 aromatic carbocycles. The first-order valence-corrected chi connectivity index (χ1v) is 8.34. The van der Waals surface area contributed by atoms with E-state index in [2.05, 4.69) is 18.1 Å². The van der Waals surface area contributed by atoms with Gasteiger partial charge in [-0.05, 0) is 36.6 Å². The summed E-state index contributed by atoms with van der Waals surface area (Å²) in [6.45, 7) is 1.99. The van der Waals surface area contributed by atoms with Crippen molar-refractivity contribution >= 4 is 10.8 Å². The first-order valence-electron chi connectivity index (χ1n) is 8.34. The smallest absolute Gasteiger partial charge is 0.280 e. The van der Waals surface area contributed by atoms with Crippen molar-refractivity contribution in [3.05, 3.63) is 69.6 Å². The third-order valence-corrected chi connectivity index (χ3v) is 4.23. The van der Waals surface area contributed by atoms with E-state index in [9.17, 15) is 15.2 Å². The van der Waals surface area contributed by atoms with Crippen LogP contribution in [0.15, 0.2) is 47.3 Å². The molecule has 1 aromatic heterocycles. The fourth-order valence-corrected chi connectivity index (χ4v) is 2.93. The molecule has 126 valence electrons. The zero-order valence-electron chi connectivity index (χ0n) is 14.1. The van der Waals surface area contributed by atoms with Crippen molar-refractivity contribution in [3.63, 3.8) is 0 Å². The van der Waals surface area contributed by atoms with E-state index in [0.717, 1.165) is 30.3 Å². The molecule has 5 nitrogen and oxygen atoms in total. The van der Waals surface area contributed by atoms with Crippen LogP contribution in [-0.2, 0) is 13.0 Å². The molecule has 0 aliphatic rings. The molecule has 0 bridgehead atoms. The van der Waals surface area contributed by atoms with E-state index in [0.29, 0.717) is 22.2 Å². The van der Waals surface area contributed by atoms with Gasteiger partial charge in [0.25, 0.3) is 5.56 Å². The van der Waals surface area contributed by atoms with Crippen LogP contribution >= 0.6 is 0 Å². The van der Waals surface area contributed by atoms with Crippen molar-refractivity contribution in [3.8, 4) is 11.8 Å². The van der Waals surface area contributed by atoms with Gasteiger partial charge in [0.15, 0.2) is 0 Å². The molecule has 5 heteroatoms. The monoisotopic (exact) mass is 333 g/mol. The molecule has 0 radical (unpaired) electrons. The molecule has 0 aliphatic heterocycles. The third-order valence-electron chi connectivity index (χ3n) is 4.23. The highest BCUT2D eigenvalue weighted by atomic mass is 16.3. The van der Waals surface area contributed by atoms with Crippen LogP contribution in [0.1, 0.15) is 36.6 Å². The number of nitriles is 1. The Morgan fingerprint density at radius 3 is 2.76 bits per heavy atom. The first-order chi connectivity index (χ1) is 12.2. The van der Waals surface area contributed by atoms with Crippen LogP contribution in [0.25, 0.3) is 16.5 Å². The molecular formula is C20H19N3O2. The topological polar surface area (TPSA) is 78.9 Å². The maximum absolute atomic E-state index is 13.0. The molecule has 0 unspecified atom stereocenters. The number of aliphatic hydroxyl groups is 1. The molecular weight excluding hydrogens is 314 g/mol. The Morgan fingerprint density at radius 1 is 1.24 bits per heavy atom. The zero-order valence-corrected chi connectivity index (χ0v) is 14.1. The number of unbranched alkanes of at least 4 members (excludes halogenated alkanes) is 1. The van der Waals surface area contributed by atoms with Gasteiger partial charge in [0.1, 0.15) is 0 Å². The lowest BCUT2D eigenvalue weighted by molar-refractivity contribution is 0.282. The quantitative estimate of drug-likeness (QED) is 0.778. The molecule has 0 amide bonds. The van der Waals surface area contributed by atoms with Crippen LogP contribution in [-0.4, -0.2) is 14.9 Å². The van der Waals surface area contributed by atoms with Gasteiger partial charge < -0.3 is 5.11 Å². The minimum atomic E-state index is -0.317. The lowest BCUT2D eigenvalue weighted by Gasteiger charge is -2.12. The Kier molecular flexibility index (Phi) is 4.92. The Morgan fingerprint density at radius 2 is 2.04 bits per heavy atom. The second-order valence-corrected chi connectivity index (χ2v) is 5.94. The lowest BCUT2D eigenvalue weighted by atomic mass is 10.0. The second-order valence-electron chi connectivity index (χ2n) is 5.94. The normalized spacial score (nSPS) is 10.8. The standard InChI is InChI=1S/C20H19N3O2/c1-2-3-10-18-17-9-5-7-15(12-21)19(17)20(25)23(22-18)16-8-4-6-14(11-16)13-24/h4-9,11,24H,2-3,10,13H2,1H3. The highest BCUT2D eigenvalue weighted by molar-refractivity contribution is 5.88. The number of aryl methyl sites for hydroxylation is 1. The summed E-state index contributed by atoms with van der Waals surface area (Å²) in [7, 11) is 0. The highest BCUT2D eigenvalue weighted by Gasteiger charge is 2.15. The van der Waals surface area contributed by atoms with Gasteiger partial charge in [0.2, 0.25) is 0 Å². The van der Waals surface area contributed by atoms with Crippen LogP contribution in [0.5, 0.6) is 0 Å². The highest BCUT2D eigenvalue weighted by Crippen LogP contribution is 2.20. The first kappa shape index (κ1) is 16.9. The summed E-state index contributed by atoms with van der Waals surface area (Å²) in [6.07, 6.45) is 2.70. The van der Waals surface area contributed by atoms with Gasteiger partial charge >= 0.3 is 0 Å². The fraction of sp³-hybridized carbons (Fsp3) is 0.250. The van der Waals surface area contributed by atoms with Gasteiger partial charge in [-0.25, -0.2) is 0 Å². The predicted octanol–water partition coefficient (Wildman–Crippen LogP) is 3.09. The summed E-state index contributed by atoms with van der Waals surface area (Å²) in [4.78, 5) is 13.0. The van der Waals surface area contributed by atoms with E-state index >= 15 is 0 Å². The Balaban J connectivity index is 2.34. The molecule has 0 fully saturated rings. The van der Waals surface area contributed by atoms with Gasteiger partial charge in [0.05, 0.1) is 35.0 Å². The van der Waals surface area contributed by atoms with Crippen molar-refractivity contribution < 1.29 is 5.11 Å². The van der Waals surface area contributed by atoms with Crippen molar-refractivity contribution in [2.75, 3.05) is 0 Å². The van der Waals surface area contributed by atoms with E-state index in [4.69, 9.17) is 0 Å². The van der Waals surface area contributed by atoms with E-state index in [1.807, 2.05) is 6.07 Å². The van der Waals surface area contributed by atoms with Crippen LogP contribution in [0.4, 0.5) is 0 Å². The number of benzene rings is 2. The van der Waals surface area contributed by atoms with Gasteiger partial charge in [0, 0.05) is 5.39 Å². The van der Waals surface area contributed by atoms with Crippen molar-refractivity contribution in [1.82, 2.24) is 9.78 Å². The Hall–Kier alpha value is -2.97. The van der Waals surface area contributed by atoms with Crippen LogP contribution in [0, 0.1) is 11.3 Å². The fourth-order valence-electron chi connectivity index (χ4n) is 2.93. The number of rotatable bonds is 5. The van der Waals surface area contributed by atoms with Crippen molar-refractivity contribution in [2.45, 2.75) is 32.8 Å². The Labute approximate surface area is 145 Å². The van der Waals surface area contributed by atoms with E-state index in [1.165, 1.54) is 4.68 Å². The van der Waals surface area contributed by atoms with E-state index in [-0.39, 0.29) is 12.2 Å². The number of aromatic nitrogens is 2. The van der Waals surface area contributed by atoms with E-state index < -0.39 is 0 Å². The van der Waals surface area contributed by atoms with Crippen molar-refractivity contribution in [2.24, 2.45) is 0 Å². The van der Waals surface area contributed by atoms with E-state index in [1.54, 1.807) is 36.4 Å². The average Bonchev–Trinajstić information content (AvgIpc) is 2.67. The van der Waals surface area contributed by atoms with Gasteiger partial charge in [-0.15, -0.1) is 0 Å². The number of aliphatic hydroxyl groups excluding tert-OH is 1. The molecule has 0 spiro atoms. The molecule has 0 aliphatic carbocycles. The molecule has 25 heavy (non-hydrogen) atoms. The summed E-state index contributed by atoms with van der Waals surface area (Å²) in [5.41, 5.74) is 2.14. The number of nitrogens with zero attached hydrogens (tertiary/aromatic N) is 3. The van der Waals surface area contributed by atoms with Crippen molar-refractivity contribution in [1.29, 1.82) is 5.26 Å². The number of fused-ring (bicyclic) bond motifs is 1. The molecule has 0 atom stereocenters. The largest absolute Gasteiger partial charge is 0.392 e. The third kappa shape index (κ3) is 3.17. The molecule has 3 rings (SSSR count). The average molecular weight is 333 g/mol. The van der Waals surface area contributed by atoms with Crippen LogP contribution < -0.4 is 5.56 Å². The minimum absolute atomic E-state index is 0.109. The minimum Gasteiger partial charge on any atom is -0.392 e. The maximum Gasteiger partial charge on any atom is 0.280 e. The maximum atomic E-state index is 13.0. The summed E-state index contributed by atoms with van der Waals surface area (Å²) in [6, 6.07) is 14.5. The van der Waals surface area contributed by atoms with Crippen LogP contribution in [0.3, 0.4) is 0 Å². The van der Waals surface area contributed by atoms with Gasteiger partial charge in [-0.1, -0.05) is 37.6 Å². The molecule has 1 heterocycles. The zero-order chi connectivity index (χ0) is 17.8. The molecule has 1 N–H and O–H groups in total. The lowest BCUT2D eigenvalue weighted by Crippen LogP contribution is -2.24. The van der Waals surface area contributed by atoms with Gasteiger partial charge in [-0.3, -0.25) is 4.79 Å².